The molecule has 0 aliphatic rings. The Labute approximate surface area is 285 Å². The summed E-state index contributed by atoms with van der Waals surface area (Å²) < 4.78 is 57.6. The van der Waals surface area contributed by atoms with Crippen LogP contribution in [0, 0.1) is 0 Å². The maximum Gasteiger partial charge on any atom is 0.339 e. The van der Waals surface area contributed by atoms with E-state index in [1.807, 2.05) is 41.5 Å². The Morgan fingerprint density at radius 2 is 0.878 bits per heavy atom. The summed E-state index contributed by atoms with van der Waals surface area (Å²) in [5.74, 6) is -4.73. The Morgan fingerprint density at radius 3 is 1.14 bits per heavy atom. The molecule has 12 nitrogen and oxygen atoms in total. The predicted molar refractivity (Wildman–Crippen MR) is 185 cm³/mol. The lowest BCUT2D eigenvalue weighted by Crippen LogP contribution is -2.16. The smallest absolute Gasteiger partial charge is 0.339 e. The highest BCUT2D eigenvalue weighted by Gasteiger charge is 2.25. The first-order valence-electron chi connectivity index (χ1n) is 14.9. The molecule has 4 rings (SSSR count). The molecular formula is C35H38N2O10S2. The van der Waals surface area contributed by atoms with E-state index in [-0.39, 0.29) is 43.1 Å². The fraction of sp³-hybridized carbons (Fsp3) is 0.257. The zero-order valence-corrected chi connectivity index (χ0v) is 29.3. The van der Waals surface area contributed by atoms with Gasteiger partial charge < -0.3 is 20.4 Å². The lowest BCUT2D eigenvalue weighted by atomic mass is 9.87. The molecule has 0 fully saturated rings. The van der Waals surface area contributed by atoms with Crippen LogP contribution in [0.2, 0.25) is 0 Å². The van der Waals surface area contributed by atoms with Gasteiger partial charge in [0, 0.05) is 17.5 Å². The molecular weight excluding hydrogens is 673 g/mol. The minimum Gasteiger partial charge on any atom is -0.507 e. The van der Waals surface area contributed by atoms with Crippen molar-refractivity contribution in [2.45, 2.75) is 68.6 Å². The molecule has 260 valence electrons. The van der Waals surface area contributed by atoms with E-state index < -0.39 is 61.0 Å². The first-order chi connectivity index (χ1) is 22.5. The summed E-state index contributed by atoms with van der Waals surface area (Å²) in [5.41, 5.74) is -0.937. The number of hydrogen-bond donors (Lipinski definition) is 6. The van der Waals surface area contributed by atoms with Gasteiger partial charge in [0.1, 0.15) is 22.6 Å². The molecule has 0 aliphatic heterocycles. The topological polar surface area (TPSA) is 207 Å². The molecule has 0 aromatic heterocycles. The summed E-state index contributed by atoms with van der Waals surface area (Å²) in [4.78, 5) is 23.9. The molecule has 0 spiro atoms. The molecule has 0 atom stereocenters. The van der Waals surface area contributed by atoms with Crippen LogP contribution in [0.25, 0.3) is 0 Å². The fourth-order valence-corrected chi connectivity index (χ4v) is 7.08. The third-order valence-corrected chi connectivity index (χ3v) is 10.6. The van der Waals surface area contributed by atoms with E-state index in [0.29, 0.717) is 0 Å². The van der Waals surface area contributed by atoms with E-state index in [9.17, 15) is 46.9 Å². The van der Waals surface area contributed by atoms with E-state index in [1.54, 1.807) is 24.3 Å². The molecule has 14 heteroatoms. The first-order valence-corrected chi connectivity index (χ1v) is 17.9. The van der Waals surface area contributed by atoms with E-state index in [2.05, 4.69) is 9.44 Å². The monoisotopic (exact) mass is 710 g/mol. The molecule has 0 amide bonds. The van der Waals surface area contributed by atoms with Crippen LogP contribution >= 0.6 is 0 Å². The van der Waals surface area contributed by atoms with Crippen molar-refractivity contribution in [2.75, 3.05) is 9.44 Å². The van der Waals surface area contributed by atoms with Gasteiger partial charge in [-0.15, -0.1) is 0 Å². The summed E-state index contributed by atoms with van der Waals surface area (Å²) in [7, 11) is -8.48. The molecule has 0 radical (unpaired) electrons. The lowest BCUT2D eigenvalue weighted by molar-refractivity contribution is 0.0682. The number of aromatic hydroxyl groups is 2. The minimum atomic E-state index is -4.24. The Balaban J connectivity index is 1.74. The number of rotatable bonds is 10. The van der Waals surface area contributed by atoms with E-state index in [1.165, 1.54) is 24.3 Å². The quantitative estimate of drug-likeness (QED) is 0.102. The van der Waals surface area contributed by atoms with Crippen molar-refractivity contribution in [1.29, 1.82) is 0 Å². The van der Waals surface area contributed by atoms with Crippen molar-refractivity contribution >= 4 is 43.4 Å². The minimum absolute atomic E-state index is 0.108. The van der Waals surface area contributed by atoms with Gasteiger partial charge in [-0.3, -0.25) is 9.44 Å². The number of carbonyl (C=O) groups is 2. The van der Waals surface area contributed by atoms with Crippen molar-refractivity contribution in [2.24, 2.45) is 0 Å². The van der Waals surface area contributed by atoms with E-state index in [4.69, 9.17) is 0 Å². The third-order valence-electron chi connectivity index (χ3n) is 7.79. The molecule has 4 aromatic rings. The molecule has 0 unspecified atom stereocenters. The Kier molecular flexibility index (Phi) is 9.81. The van der Waals surface area contributed by atoms with Gasteiger partial charge in [-0.05, 0) is 70.5 Å². The number of carboxylic acid groups (broad SMARTS) is 2. The Morgan fingerprint density at radius 1 is 0.571 bits per heavy atom. The Bertz CT molecular complexity index is 1990. The molecule has 0 aliphatic carbocycles. The molecule has 4 aromatic carbocycles. The van der Waals surface area contributed by atoms with E-state index in [0.717, 1.165) is 35.4 Å². The normalized spacial score (nSPS) is 12.4. The number of carboxylic acids is 2. The molecule has 6 N–H and O–H groups in total. The van der Waals surface area contributed by atoms with Crippen molar-refractivity contribution in [3.63, 3.8) is 0 Å². The zero-order chi connectivity index (χ0) is 36.7. The van der Waals surface area contributed by atoms with Gasteiger partial charge in [0.2, 0.25) is 0 Å². The van der Waals surface area contributed by atoms with Crippen LogP contribution < -0.4 is 9.44 Å². The average molecular weight is 711 g/mol. The fourth-order valence-electron chi connectivity index (χ4n) is 5.00. The van der Waals surface area contributed by atoms with Crippen molar-refractivity contribution in [3.05, 3.63) is 106 Å². The van der Waals surface area contributed by atoms with Gasteiger partial charge in [0.05, 0.1) is 21.2 Å². The SMILES string of the molecule is CC(C)(C)c1ccc(S(=O)(=O)Nc2cc(Cc3cc(NS(=O)(=O)c4ccc(C(C)(C)C)cc4)cc(C(=O)O)c3O)c(O)c(C(=O)O)c2)cc1. The van der Waals surface area contributed by atoms with Crippen LogP contribution in [0.15, 0.2) is 82.6 Å². The summed E-state index contributed by atoms with van der Waals surface area (Å²) >= 11 is 0. The van der Waals surface area contributed by atoms with Crippen molar-refractivity contribution in [1.82, 2.24) is 0 Å². The molecule has 0 saturated heterocycles. The standard InChI is InChI=1S/C35H38N2O10S2/c1-34(2,3)22-7-11-26(12-8-22)48(44,45)36-24-16-20(30(38)28(18-24)32(40)41)15-21-17-25(19-29(31(21)39)33(42)43)37-49(46,47)27-13-9-23(10-14-27)35(4,5)6/h7-14,16-19,36-39H,15H2,1-6H3,(H,40,41)(H,42,43). The number of hydrogen-bond acceptors (Lipinski definition) is 8. The average Bonchev–Trinajstić information content (AvgIpc) is 2.98. The number of benzene rings is 4. The van der Waals surface area contributed by atoms with Gasteiger partial charge in [0.25, 0.3) is 20.0 Å². The van der Waals surface area contributed by atoms with Crippen LogP contribution in [0.1, 0.15) is 84.5 Å². The largest absolute Gasteiger partial charge is 0.507 e. The molecule has 49 heavy (non-hydrogen) atoms. The van der Waals surface area contributed by atoms with Crippen LogP contribution in [-0.2, 0) is 37.3 Å². The highest BCUT2D eigenvalue weighted by Crippen LogP contribution is 2.36. The summed E-state index contributed by atoms with van der Waals surface area (Å²) in [6, 6.07) is 16.3. The predicted octanol–water partition coefficient (Wildman–Crippen LogP) is 6.28. The van der Waals surface area contributed by atoms with Gasteiger partial charge >= 0.3 is 11.9 Å². The van der Waals surface area contributed by atoms with Crippen LogP contribution in [0.5, 0.6) is 11.5 Å². The molecule has 0 heterocycles. The van der Waals surface area contributed by atoms with E-state index >= 15 is 0 Å². The summed E-state index contributed by atoms with van der Waals surface area (Å²) in [6.45, 7) is 11.8. The lowest BCUT2D eigenvalue weighted by Gasteiger charge is -2.19. The van der Waals surface area contributed by atoms with Gasteiger partial charge in [0.15, 0.2) is 0 Å². The zero-order valence-electron chi connectivity index (χ0n) is 27.7. The highest BCUT2D eigenvalue weighted by molar-refractivity contribution is 7.93. The number of phenols is 2. The second kappa shape index (κ2) is 13.1. The maximum atomic E-state index is 13.2. The van der Waals surface area contributed by atoms with Gasteiger partial charge in [-0.25, -0.2) is 26.4 Å². The van der Waals surface area contributed by atoms with Gasteiger partial charge in [-0.1, -0.05) is 65.8 Å². The van der Waals surface area contributed by atoms with Gasteiger partial charge in [-0.2, -0.15) is 0 Å². The summed E-state index contributed by atoms with van der Waals surface area (Å²) in [5, 5.41) is 41.3. The summed E-state index contributed by atoms with van der Waals surface area (Å²) in [6.07, 6.45) is -0.524. The number of nitrogens with one attached hydrogen (secondary N) is 2. The second-order valence-electron chi connectivity index (χ2n) is 13.6. The van der Waals surface area contributed by atoms with Crippen molar-refractivity contribution < 1.29 is 46.9 Å². The van der Waals surface area contributed by atoms with Crippen LogP contribution in [0.3, 0.4) is 0 Å². The van der Waals surface area contributed by atoms with Crippen LogP contribution in [0.4, 0.5) is 11.4 Å². The van der Waals surface area contributed by atoms with Crippen LogP contribution in [-0.4, -0.2) is 49.2 Å². The number of anilines is 2. The third kappa shape index (κ3) is 8.32. The highest BCUT2D eigenvalue weighted by atomic mass is 32.2. The van der Waals surface area contributed by atoms with Crippen molar-refractivity contribution in [3.8, 4) is 11.5 Å². The molecule has 0 saturated carbocycles. The number of sulfonamides is 2. The number of aromatic carboxylic acids is 2. The first kappa shape index (κ1) is 36.8. The maximum absolute atomic E-state index is 13.2. The second-order valence-corrected chi connectivity index (χ2v) is 17.0. The molecule has 0 bridgehead atoms. The Hall–Kier alpha value is -5.08.